The van der Waals surface area contributed by atoms with Crippen LogP contribution < -0.4 is 0 Å². The summed E-state index contributed by atoms with van der Waals surface area (Å²) in [6, 6.07) is 0. The highest BCUT2D eigenvalue weighted by Crippen LogP contribution is 2.36. The number of hydrogen-bond donors (Lipinski definition) is 0. The largest absolute Gasteiger partial charge is 0.379 e. The van der Waals surface area contributed by atoms with Crippen LogP contribution in [0.15, 0.2) is 12.2 Å². The van der Waals surface area contributed by atoms with Gasteiger partial charge >= 0.3 is 0 Å². The Labute approximate surface area is 143 Å². The molecule has 2 aliphatic carbocycles. The van der Waals surface area contributed by atoms with E-state index >= 15 is 0 Å². The van der Waals surface area contributed by atoms with Crippen LogP contribution in [0, 0.1) is 17.8 Å². The normalized spacial score (nSPS) is 32.4. The van der Waals surface area contributed by atoms with Crippen LogP contribution in [0.3, 0.4) is 0 Å². The van der Waals surface area contributed by atoms with Gasteiger partial charge in [-0.1, -0.05) is 25.0 Å². The van der Waals surface area contributed by atoms with Gasteiger partial charge in [0.1, 0.15) is 0 Å². The third-order valence-electron chi connectivity index (χ3n) is 5.98. The van der Waals surface area contributed by atoms with E-state index in [1.54, 1.807) is 0 Å². The third kappa shape index (κ3) is 7.37. The van der Waals surface area contributed by atoms with E-state index < -0.39 is 0 Å². The number of halogens is 1. The molecule has 23 heavy (non-hydrogen) atoms. The Balaban J connectivity index is 1.54. The molecule has 134 valence electrons. The lowest BCUT2D eigenvalue weighted by Gasteiger charge is -2.31. The molecule has 0 aromatic carbocycles. The van der Waals surface area contributed by atoms with Crippen molar-refractivity contribution in [2.45, 2.75) is 90.1 Å². The molecule has 0 amide bonds. The molecule has 0 aliphatic heterocycles. The first-order valence-corrected chi connectivity index (χ1v) is 10.2. The Morgan fingerprint density at radius 2 is 1.52 bits per heavy atom. The predicted molar refractivity (Wildman–Crippen MR) is 96.4 cm³/mol. The van der Waals surface area contributed by atoms with Crippen molar-refractivity contribution in [2.75, 3.05) is 13.3 Å². The van der Waals surface area contributed by atoms with Gasteiger partial charge in [-0.3, -0.25) is 4.39 Å². The Hall–Kier alpha value is -0.370. The zero-order chi connectivity index (χ0) is 16.3. The monoisotopic (exact) mass is 324 g/mol. The first-order valence-electron chi connectivity index (χ1n) is 10.2. The fourth-order valence-corrected chi connectivity index (χ4v) is 4.45. The van der Waals surface area contributed by atoms with Crippen LogP contribution in [0.4, 0.5) is 4.39 Å². The van der Waals surface area contributed by atoms with Crippen LogP contribution in [-0.2, 0) is 4.74 Å². The van der Waals surface area contributed by atoms with Crippen molar-refractivity contribution in [3.05, 3.63) is 12.2 Å². The van der Waals surface area contributed by atoms with E-state index in [-0.39, 0.29) is 6.67 Å². The quantitative estimate of drug-likeness (QED) is 0.348. The van der Waals surface area contributed by atoms with Crippen LogP contribution in [0.25, 0.3) is 0 Å². The third-order valence-corrected chi connectivity index (χ3v) is 5.98. The second-order valence-corrected chi connectivity index (χ2v) is 7.72. The lowest BCUT2D eigenvalue weighted by molar-refractivity contribution is 0.0239. The average Bonchev–Trinajstić information content (AvgIpc) is 2.59. The first-order chi connectivity index (χ1) is 11.3. The van der Waals surface area contributed by atoms with Gasteiger partial charge in [0.05, 0.1) is 12.8 Å². The molecular weight excluding hydrogens is 287 g/mol. The molecule has 2 heteroatoms. The minimum Gasteiger partial charge on any atom is -0.379 e. The van der Waals surface area contributed by atoms with Crippen molar-refractivity contribution in [1.82, 2.24) is 0 Å². The molecule has 2 rings (SSSR count). The minimum atomic E-state index is -0.177. The smallest absolute Gasteiger partial charge is 0.0897 e. The number of hydrogen-bond acceptors (Lipinski definition) is 1. The van der Waals surface area contributed by atoms with Gasteiger partial charge in [-0.05, 0) is 88.9 Å². The van der Waals surface area contributed by atoms with Crippen LogP contribution in [0.5, 0.6) is 0 Å². The molecule has 0 atom stereocenters. The molecule has 0 bridgehead atoms. The molecule has 0 unspecified atom stereocenters. The lowest BCUT2D eigenvalue weighted by Crippen LogP contribution is -2.22. The van der Waals surface area contributed by atoms with E-state index in [1.165, 1.54) is 64.2 Å². The van der Waals surface area contributed by atoms with E-state index in [0.717, 1.165) is 30.8 Å². The summed E-state index contributed by atoms with van der Waals surface area (Å²) in [5.74, 6) is 2.70. The van der Waals surface area contributed by atoms with Gasteiger partial charge in [0, 0.05) is 6.61 Å². The highest BCUT2D eigenvalue weighted by atomic mass is 19.1. The second kappa shape index (κ2) is 11.2. The standard InChI is InChI=1S/C21H37FO/c1-2-23-21-15-13-20(14-16-21)12-11-19-9-7-18(8-10-19)6-4-3-5-17-22/h4,6,18-21H,2-3,5,7-17H2,1H3/b6-4+/t18-,19-,20?,21?. The molecule has 0 spiro atoms. The summed E-state index contributed by atoms with van der Waals surface area (Å²) in [4.78, 5) is 0. The molecule has 0 heterocycles. The fourth-order valence-electron chi connectivity index (χ4n) is 4.45. The topological polar surface area (TPSA) is 9.23 Å². The Bertz CT molecular complexity index is 312. The number of alkyl halides is 1. The molecule has 0 N–H and O–H groups in total. The maximum atomic E-state index is 12.1. The van der Waals surface area contributed by atoms with Gasteiger partial charge in [-0.25, -0.2) is 0 Å². The van der Waals surface area contributed by atoms with Crippen LogP contribution in [0.2, 0.25) is 0 Å². The van der Waals surface area contributed by atoms with Crippen molar-refractivity contribution in [2.24, 2.45) is 17.8 Å². The van der Waals surface area contributed by atoms with Gasteiger partial charge in [0.15, 0.2) is 0 Å². The molecule has 0 aromatic heterocycles. The van der Waals surface area contributed by atoms with Crippen molar-refractivity contribution in [1.29, 1.82) is 0 Å². The van der Waals surface area contributed by atoms with Crippen molar-refractivity contribution in [3.63, 3.8) is 0 Å². The molecule has 2 fully saturated rings. The molecule has 0 radical (unpaired) electrons. The van der Waals surface area contributed by atoms with Gasteiger partial charge in [-0.2, -0.15) is 0 Å². The molecule has 0 saturated heterocycles. The summed E-state index contributed by atoms with van der Waals surface area (Å²) >= 11 is 0. The number of ether oxygens (including phenoxy) is 1. The lowest BCUT2D eigenvalue weighted by atomic mass is 9.77. The maximum Gasteiger partial charge on any atom is 0.0897 e. The van der Waals surface area contributed by atoms with Crippen molar-refractivity contribution < 1.29 is 9.13 Å². The van der Waals surface area contributed by atoms with E-state index in [2.05, 4.69) is 19.1 Å². The second-order valence-electron chi connectivity index (χ2n) is 7.72. The van der Waals surface area contributed by atoms with Gasteiger partial charge in [-0.15, -0.1) is 0 Å². The van der Waals surface area contributed by atoms with E-state index in [1.807, 2.05) is 0 Å². The van der Waals surface area contributed by atoms with Gasteiger partial charge in [0.2, 0.25) is 0 Å². The molecule has 2 saturated carbocycles. The summed E-state index contributed by atoms with van der Waals surface area (Å²) in [5.41, 5.74) is 0. The van der Waals surface area contributed by atoms with Crippen molar-refractivity contribution in [3.8, 4) is 0 Å². The molecule has 2 aliphatic rings. The fraction of sp³-hybridized carbons (Fsp3) is 0.905. The average molecular weight is 325 g/mol. The Morgan fingerprint density at radius 3 is 2.09 bits per heavy atom. The minimum absolute atomic E-state index is 0.177. The van der Waals surface area contributed by atoms with Gasteiger partial charge < -0.3 is 4.74 Å². The number of allylic oxidation sites excluding steroid dienone is 2. The summed E-state index contributed by atoms with van der Waals surface area (Å²) in [5, 5.41) is 0. The summed E-state index contributed by atoms with van der Waals surface area (Å²) in [6.45, 7) is 2.81. The summed E-state index contributed by atoms with van der Waals surface area (Å²) in [7, 11) is 0. The number of rotatable bonds is 9. The predicted octanol–water partition coefficient (Wildman–Crippen LogP) is 6.47. The molecular formula is C21H37FO. The molecule has 0 aromatic rings. The summed E-state index contributed by atoms with van der Waals surface area (Å²) in [6.07, 6.45) is 20.5. The zero-order valence-electron chi connectivity index (χ0n) is 15.1. The maximum absolute atomic E-state index is 12.1. The highest BCUT2D eigenvalue weighted by molar-refractivity contribution is 4.91. The van der Waals surface area contributed by atoms with E-state index in [9.17, 15) is 4.39 Å². The Kier molecular flexibility index (Phi) is 9.26. The van der Waals surface area contributed by atoms with Crippen LogP contribution >= 0.6 is 0 Å². The van der Waals surface area contributed by atoms with Gasteiger partial charge in [0.25, 0.3) is 0 Å². The highest BCUT2D eigenvalue weighted by Gasteiger charge is 2.24. The number of unbranched alkanes of at least 4 members (excludes halogenated alkanes) is 1. The van der Waals surface area contributed by atoms with E-state index in [0.29, 0.717) is 12.5 Å². The summed E-state index contributed by atoms with van der Waals surface area (Å²) < 4.78 is 17.8. The SMILES string of the molecule is CCOC1CCC(CC[C@H]2CC[C@H](/C=C/CCCF)CC2)CC1. The van der Waals surface area contributed by atoms with Crippen LogP contribution in [0.1, 0.15) is 84.0 Å². The first kappa shape index (κ1) is 19.0. The van der Waals surface area contributed by atoms with Crippen LogP contribution in [-0.4, -0.2) is 19.4 Å². The zero-order valence-corrected chi connectivity index (χ0v) is 15.1. The molecule has 1 nitrogen and oxygen atoms in total. The van der Waals surface area contributed by atoms with E-state index in [4.69, 9.17) is 4.74 Å². The van der Waals surface area contributed by atoms with Crippen molar-refractivity contribution >= 4 is 0 Å². The Morgan fingerprint density at radius 1 is 0.913 bits per heavy atom.